The highest BCUT2D eigenvalue weighted by atomic mass is 32.2. The first kappa shape index (κ1) is 15.2. The Labute approximate surface area is 109 Å². The van der Waals surface area contributed by atoms with Crippen LogP contribution in [0.25, 0.3) is 0 Å². The molecule has 1 aliphatic rings. The fourth-order valence-corrected chi connectivity index (χ4v) is 2.89. The van der Waals surface area contributed by atoms with Gasteiger partial charge in [-0.3, -0.25) is 4.18 Å². The first-order chi connectivity index (χ1) is 8.08. The number of nitrogens with zero attached hydrogens (tertiary/aromatic N) is 1. The predicted octanol–water partition coefficient (Wildman–Crippen LogP) is 1.91. The lowest BCUT2D eigenvalue weighted by Crippen LogP contribution is -2.45. The van der Waals surface area contributed by atoms with Crippen LogP contribution in [0.1, 0.15) is 41.0 Å². The highest BCUT2D eigenvalue weighted by molar-refractivity contribution is 7.85. The van der Waals surface area contributed by atoms with Gasteiger partial charge >= 0.3 is 16.4 Å². The van der Waals surface area contributed by atoms with Gasteiger partial charge in [0.25, 0.3) is 0 Å². The second kappa shape index (κ2) is 5.05. The number of carbonyl (C=O) groups is 1. The predicted molar refractivity (Wildman–Crippen MR) is 66.2 cm³/mol. The Hall–Kier alpha value is -0.820. The third-order valence-corrected chi connectivity index (χ3v) is 4.14. The minimum atomic E-state index is -4.00. The summed E-state index contributed by atoms with van der Waals surface area (Å²) in [6.45, 7) is 8.87. The van der Waals surface area contributed by atoms with Gasteiger partial charge in [-0.2, -0.15) is 12.7 Å². The molecule has 0 radical (unpaired) electrons. The van der Waals surface area contributed by atoms with Crippen molar-refractivity contribution in [2.24, 2.45) is 5.92 Å². The zero-order valence-electron chi connectivity index (χ0n) is 11.5. The zero-order chi connectivity index (χ0) is 14.1. The van der Waals surface area contributed by atoms with Crippen molar-refractivity contribution < 1.29 is 22.1 Å². The molecule has 7 heteroatoms. The van der Waals surface area contributed by atoms with Crippen LogP contribution in [0.4, 0.5) is 4.79 Å². The highest BCUT2D eigenvalue weighted by Gasteiger charge is 2.46. The van der Waals surface area contributed by atoms with Crippen LogP contribution in [-0.4, -0.2) is 37.1 Å². The van der Waals surface area contributed by atoms with Gasteiger partial charge in [-0.15, -0.1) is 0 Å². The first-order valence-corrected chi connectivity index (χ1v) is 7.36. The van der Waals surface area contributed by atoms with Crippen LogP contribution >= 0.6 is 0 Å². The molecule has 1 amide bonds. The minimum absolute atomic E-state index is 0.00339. The van der Waals surface area contributed by atoms with Gasteiger partial charge in [-0.1, -0.05) is 20.3 Å². The van der Waals surface area contributed by atoms with Crippen molar-refractivity contribution in [3.63, 3.8) is 0 Å². The average Bonchev–Trinajstić information content (AvgIpc) is 2.50. The highest BCUT2D eigenvalue weighted by Crippen LogP contribution is 2.28. The second-order valence-electron chi connectivity index (χ2n) is 5.47. The van der Waals surface area contributed by atoms with Crippen LogP contribution in [-0.2, 0) is 19.2 Å². The van der Waals surface area contributed by atoms with Crippen LogP contribution in [0.5, 0.6) is 0 Å². The summed E-state index contributed by atoms with van der Waals surface area (Å²) in [7, 11) is -4.00. The maximum Gasteiger partial charge on any atom is 0.426 e. The summed E-state index contributed by atoms with van der Waals surface area (Å²) < 4.78 is 34.0. The first-order valence-electron chi connectivity index (χ1n) is 6.00. The molecule has 1 aliphatic heterocycles. The molecule has 18 heavy (non-hydrogen) atoms. The third kappa shape index (κ3) is 3.35. The third-order valence-electron chi connectivity index (χ3n) is 2.80. The number of ether oxygens (including phenoxy) is 1. The van der Waals surface area contributed by atoms with Crippen LogP contribution in [0.15, 0.2) is 0 Å². The molecule has 0 aromatic rings. The van der Waals surface area contributed by atoms with E-state index < -0.39 is 28.0 Å². The minimum Gasteiger partial charge on any atom is -0.443 e. The van der Waals surface area contributed by atoms with Crippen LogP contribution in [0.3, 0.4) is 0 Å². The van der Waals surface area contributed by atoms with Gasteiger partial charge in [0.05, 0.1) is 12.6 Å². The van der Waals surface area contributed by atoms with E-state index in [2.05, 4.69) is 0 Å². The van der Waals surface area contributed by atoms with E-state index in [1.165, 1.54) is 0 Å². The summed E-state index contributed by atoms with van der Waals surface area (Å²) >= 11 is 0. The Morgan fingerprint density at radius 3 is 2.50 bits per heavy atom. The fourth-order valence-electron chi connectivity index (χ4n) is 1.65. The van der Waals surface area contributed by atoms with Crippen molar-refractivity contribution >= 4 is 16.4 Å². The maximum absolute atomic E-state index is 12.0. The van der Waals surface area contributed by atoms with E-state index in [0.29, 0.717) is 0 Å². The smallest absolute Gasteiger partial charge is 0.426 e. The molecular formula is C11H21NO5S. The number of rotatable bonds is 2. The van der Waals surface area contributed by atoms with Crippen LogP contribution in [0.2, 0.25) is 0 Å². The molecule has 0 saturated carbocycles. The van der Waals surface area contributed by atoms with Crippen molar-refractivity contribution in [2.75, 3.05) is 6.61 Å². The van der Waals surface area contributed by atoms with Gasteiger partial charge in [0.1, 0.15) is 5.60 Å². The Bertz CT molecular complexity index is 412. The molecule has 1 rings (SSSR count). The van der Waals surface area contributed by atoms with Crippen LogP contribution < -0.4 is 0 Å². The van der Waals surface area contributed by atoms with E-state index in [0.717, 1.165) is 10.7 Å². The summed E-state index contributed by atoms with van der Waals surface area (Å²) in [4.78, 5) is 12.0. The Kier molecular flexibility index (Phi) is 4.27. The van der Waals surface area contributed by atoms with Gasteiger partial charge in [0.2, 0.25) is 0 Å². The fraction of sp³-hybridized carbons (Fsp3) is 0.909. The van der Waals surface area contributed by atoms with Gasteiger partial charge in [0, 0.05) is 0 Å². The molecule has 1 saturated heterocycles. The topological polar surface area (TPSA) is 72.9 Å². The monoisotopic (exact) mass is 279 g/mol. The lowest BCUT2D eigenvalue weighted by atomic mass is 10.0. The number of hydrogen-bond acceptors (Lipinski definition) is 5. The molecule has 0 aliphatic carbocycles. The number of carbonyl (C=O) groups excluding carboxylic acids is 1. The molecule has 0 N–H and O–H groups in total. The SMILES string of the molecule is CC[C@H](C)C1COS(=O)(=O)N1C(=O)OC(C)(C)C. The van der Waals surface area contributed by atoms with Gasteiger partial charge in [0.15, 0.2) is 0 Å². The summed E-state index contributed by atoms with van der Waals surface area (Å²) in [5.41, 5.74) is -0.741. The van der Waals surface area contributed by atoms with Crippen LogP contribution in [0, 0.1) is 5.92 Å². The zero-order valence-corrected chi connectivity index (χ0v) is 12.3. The Morgan fingerprint density at radius 1 is 1.50 bits per heavy atom. The van der Waals surface area contributed by atoms with E-state index in [1.54, 1.807) is 20.8 Å². The van der Waals surface area contributed by atoms with Crippen molar-refractivity contribution in [1.82, 2.24) is 4.31 Å². The Morgan fingerprint density at radius 2 is 2.06 bits per heavy atom. The molecule has 1 fully saturated rings. The molecule has 0 bridgehead atoms. The van der Waals surface area contributed by atoms with E-state index in [9.17, 15) is 13.2 Å². The van der Waals surface area contributed by atoms with Crippen molar-refractivity contribution in [3.8, 4) is 0 Å². The largest absolute Gasteiger partial charge is 0.443 e. The lowest BCUT2D eigenvalue weighted by Gasteiger charge is -2.28. The normalized spacial score (nSPS) is 24.9. The van der Waals surface area contributed by atoms with E-state index in [4.69, 9.17) is 8.92 Å². The molecule has 1 heterocycles. The van der Waals surface area contributed by atoms with Crippen molar-refractivity contribution in [3.05, 3.63) is 0 Å². The molecule has 106 valence electrons. The summed E-state index contributed by atoms with van der Waals surface area (Å²) in [5, 5.41) is 0. The summed E-state index contributed by atoms with van der Waals surface area (Å²) in [6.07, 6.45) is -0.117. The van der Waals surface area contributed by atoms with Gasteiger partial charge in [-0.25, -0.2) is 4.79 Å². The lowest BCUT2D eigenvalue weighted by molar-refractivity contribution is 0.0325. The molecule has 6 nitrogen and oxygen atoms in total. The summed E-state index contributed by atoms with van der Waals surface area (Å²) in [5.74, 6) is 0.0230. The second-order valence-corrected chi connectivity index (χ2v) is 6.96. The molecule has 1 unspecified atom stereocenters. The Balaban J connectivity index is 2.96. The van der Waals surface area contributed by atoms with E-state index >= 15 is 0 Å². The van der Waals surface area contributed by atoms with Crippen molar-refractivity contribution in [1.29, 1.82) is 0 Å². The summed E-state index contributed by atoms with van der Waals surface area (Å²) in [6, 6.07) is -0.491. The molecule has 0 aromatic carbocycles. The van der Waals surface area contributed by atoms with Crippen molar-refractivity contribution in [2.45, 2.75) is 52.7 Å². The number of hydrogen-bond donors (Lipinski definition) is 0. The quantitative estimate of drug-likeness (QED) is 0.772. The average molecular weight is 279 g/mol. The van der Waals surface area contributed by atoms with Gasteiger partial charge in [-0.05, 0) is 26.7 Å². The number of amides is 1. The van der Waals surface area contributed by atoms with E-state index in [-0.39, 0.29) is 12.5 Å². The molecule has 0 aromatic heterocycles. The molecular weight excluding hydrogens is 258 g/mol. The molecule has 2 atom stereocenters. The standard InChI is InChI=1S/C11H21NO5S/c1-6-8(2)9-7-16-18(14,15)12(9)10(13)17-11(3,4)5/h8-9H,6-7H2,1-5H3/t8-,9?/m0/s1. The van der Waals surface area contributed by atoms with Gasteiger partial charge < -0.3 is 4.74 Å². The molecule has 0 spiro atoms. The maximum atomic E-state index is 12.0. The van der Waals surface area contributed by atoms with E-state index in [1.807, 2.05) is 13.8 Å².